The van der Waals surface area contributed by atoms with Crippen LogP contribution in [0.1, 0.15) is 33.2 Å². The highest BCUT2D eigenvalue weighted by Gasteiger charge is 2.52. The Morgan fingerprint density at radius 2 is 1.00 bits per heavy atom. The van der Waals surface area contributed by atoms with Crippen molar-refractivity contribution >= 4 is 126 Å². The van der Waals surface area contributed by atoms with E-state index in [0.717, 1.165) is 21.8 Å². The molecule has 6 heterocycles. The third kappa shape index (κ3) is 16.6. The Hall–Kier alpha value is -5.22. The number of imidazole rings is 2. The van der Waals surface area contributed by atoms with Gasteiger partial charge in [-0.25, -0.2) is 46.4 Å². The molecule has 0 aliphatic carbocycles. The summed E-state index contributed by atoms with van der Waals surface area (Å²) < 4.78 is 97.9. The lowest BCUT2D eigenvalue weighted by atomic mass is 10.1. The number of H-pyrrole nitrogens is 2. The monoisotopic (exact) mass is 1340 g/mol. The minimum Gasteiger partial charge on any atom is -0.453 e. The second-order valence-electron chi connectivity index (χ2n) is 16.8. The number of aromatic amines is 2. The predicted octanol–water partition coefficient (Wildman–Crippen LogP) is -0.626. The van der Waals surface area contributed by atoms with E-state index in [1.165, 1.54) is 12.1 Å². The Morgan fingerprint density at radius 3 is 1.43 bits per heavy atom. The lowest BCUT2D eigenvalue weighted by Crippen LogP contribution is -2.38. The van der Waals surface area contributed by atoms with Crippen molar-refractivity contribution < 1.29 is 122 Å². The van der Waals surface area contributed by atoms with Crippen molar-refractivity contribution in [3.8, 4) is 0 Å². The number of hydrogen-bond acceptors (Lipinski definition) is 30. The van der Waals surface area contributed by atoms with Crippen molar-refractivity contribution in [2.45, 2.75) is 49.1 Å². The van der Waals surface area contributed by atoms with Crippen LogP contribution in [0.3, 0.4) is 0 Å². The summed E-state index contributed by atoms with van der Waals surface area (Å²) >= 11 is 8.06. The number of aromatic nitrogens is 8. The Balaban J connectivity index is 0.000000241. The number of carbonyl (C=O) groups is 2. The number of nitrogens with one attached hydrogen (secondary N) is 4. The first-order valence-corrected chi connectivity index (χ1v) is 33.9. The van der Waals surface area contributed by atoms with Crippen LogP contribution in [0, 0.1) is 0 Å². The van der Waals surface area contributed by atoms with Crippen molar-refractivity contribution in [1.29, 1.82) is 0 Å². The average molecular weight is 1340 g/mol. The molecular weight excluding hydrogens is 1300 g/mol. The van der Waals surface area contributed by atoms with Crippen LogP contribution in [0.25, 0.3) is 22.3 Å². The van der Waals surface area contributed by atoms with Gasteiger partial charge in [0.1, 0.15) is 24.4 Å². The zero-order chi connectivity index (χ0) is 62.1. The number of hydrogen-bond donors (Lipinski definition) is 16. The number of phosphoric ester groups is 2. The van der Waals surface area contributed by atoms with Crippen LogP contribution < -0.4 is 33.2 Å². The van der Waals surface area contributed by atoms with E-state index in [1.54, 1.807) is 50.5 Å². The molecule has 40 nitrogen and oxygen atoms in total. The summed E-state index contributed by atoms with van der Waals surface area (Å²) in [5, 5.41) is 27.8. The number of para-hydroxylation sites is 2. The lowest BCUT2D eigenvalue weighted by molar-refractivity contribution is -0.0557. The van der Waals surface area contributed by atoms with Gasteiger partial charge in [-0.05, 0) is 47.9 Å². The first-order chi connectivity index (χ1) is 39.0. The van der Waals surface area contributed by atoms with Gasteiger partial charge in [-0.1, -0.05) is 24.3 Å². The first-order valence-electron chi connectivity index (χ1n) is 22.6. The number of aliphatic hydroxyl groups is 2. The molecular formula is C36H46N12O28P6S2. The number of nitrogen functional groups attached to an aromatic ring is 2. The van der Waals surface area contributed by atoms with Crippen LogP contribution in [0.15, 0.2) is 70.8 Å². The molecule has 48 heteroatoms. The number of aliphatic hydroxyl groups excluding tert-OH is 2. The molecule has 18 N–H and O–H groups in total. The number of nitrogens with two attached hydrogens (primary N) is 2. The smallest absolute Gasteiger partial charge is 0.453 e. The SMILES string of the molecule is CNc1ccccc1C(=O)O[C@@H]1[C@H](O)[C@@H](COP(=O)(O)OP(=O)(O)OP(O)(O)=S)O[C@H]1n1cnc2c(=O)[nH]c(N)nc21.CNc1ccccc1C(=O)O[C@H]1[C@@H](O)[C@H](n2cnc3c(=O)[nH]c(N)nc32)O[C@@H]1COP(=O)(O)OP(=O)(O)OP(O)(O)=S. The van der Waals surface area contributed by atoms with Crippen LogP contribution in [0.5, 0.6) is 0 Å². The number of rotatable bonds is 22. The van der Waals surface area contributed by atoms with E-state index >= 15 is 0 Å². The minimum atomic E-state index is -5.63. The molecule has 12 atom stereocenters. The molecule has 4 unspecified atom stereocenters. The van der Waals surface area contributed by atoms with Gasteiger partial charge in [0.25, 0.3) is 11.1 Å². The number of fused-ring (bicyclic) bond motifs is 2. The van der Waals surface area contributed by atoms with Gasteiger partial charge in [0, 0.05) is 25.5 Å². The molecule has 460 valence electrons. The van der Waals surface area contributed by atoms with E-state index in [9.17, 15) is 67.2 Å². The predicted molar refractivity (Wildman–Crippen MR) is 288 cm³/mol. The summed E-state index contributed by atoms with van der Waals surface area (Å²) in [7, 11) is -19.2. The lowest BCUT2D eigenvalue weighted by Gasteiger charge is -2.22. The van der Waals surface area contributed by atoms with Crippen molar-refractivity contribution in [1.82, 2.24) is 39.0 Å². The Morgan fingerprint density at radius 1 is 0.607 bits per heavy atom. The number of benzene rings is 2. The number of nitrogens with zero attached hydrogens (tertiary/aromatic N) is 6. The molecule has 0 spiro atoms. The molecule has 2 aliphatic heterocycles. The van der Waals surface area contributed by atoms with Crippen LogP contribution >= 0.6 is 44.7 Å². The minimum absolute atomic E-state index is 0.0441. The van der Waals surface area contributed by atoms with E-state index in [-0.39, 0.29) is 45.4 Å². The Labute approximate surface area is 477 Å². The summed E-state index contributed by atoms with van der Waals surface area (Å²) in [5.41, 5.74) is 10.1. The molecule has 2 aromatic carbocycles. The van der Waals surface area contributed by atoms with Gasteiger partial charge in [-0.15, -0.1) is 0 Å². The molecule has 2 aliphatic rings. The summed E-state index contributed by atoms with van der Waals surface area (Å²) in [4.78, 5) is 146. The molecule has 6 aromatic rings. The number of phosphoric acid groups is 4. The van der Waals surface area contributed by atoms with Crippen LogP contribution in [0.4, 0.5) is 23.3 Å². The van der Waals surface area contributed by atoms with Crippen LogP contribution in [0.2, 0.25) is 0 Å². The van der Waals surface area contributed by atoms with Crippen LogP contribution in [-0.4, -0.2) is 164 Å². The summed E-state index contributed by atoms with van der Waals surface area (Å²) in [5.74, 6) is -2.47. The summed E-state index contributed by atoms with van der Waals surface area (Å²) in [6.07, 6.45) is -10.7. The standard InChI is InChI=1S/2C18H23N6O14P3S/c1-20-9-5-3-2-4-8(9)17(27)36-13-10(6-34-39(28,29)37-40(30,31)38-41(32,33)42)35-16(12(13)25)24-7-21-11-14(24)22-18(19)23-15(11)26;1-20-9-5-3-2-4-8(9)17(27)36-13-12(25)10(6-34-39(28,29)37-40(30,31)38-41(32,33)42)35-16(13)24-7-21-11-14(24)22-18(19)23-15(11)26/h2*2-5,7,10,12-13,16,20,25H,6H2,1H3,(H,28,29)(H,30,31)(H2,32,33,42)(H3,19,22,23,26)/t2*10-,12-,13-,16-/m11/s1. The van der Waals surface area contributed by atoms with Crippen molar-refractivity contribution in [2.75, 3.05) is 49.4 Å². The average Bonchev–Trinajstić information content (AvgIpc) is 2.32. The van der Waals surface area contributed by atoms with E-state index in [2.05, 4.69) is 85.9 Å². The van der Waals surface area contributed by atoms with E-state index < -0.39 is 130 Å². The van der Waals surface area contributed by atoms with Gasteiger partial charge in [0.2, 0.25) is 11.9 Å². The molecule has 0 amide bonds. The summed E-state index contributed by atoms with van der Waals surface area (Å²) in [6.45, 7) is -11.7. The van der Waals surface area contributed by atoms with Gasteiger partial charge in [0.05, 0.1) is 37.0 Å². The number of carbonyl (C=O) groups excluding carboxylic acids is 2. The second kappa shape index (κ2) is 26.0. The third-order valence-corrected chi connectivity index (χ3v) is 19.8. The topological polar surface area (TPSA) is 600 Å². The molecule has 2 fully saturated rings. The Bertz CT molecular complexity index is 3880. The first kappa shape index (κ1) is 66.3. The van der Waals surface area contributed by atoms with E-state index in [4.69, 9.17) is 54.5 Å². The van der Waals surface area contributed by atoms with Crippen LogP contribution in [-0.2, 0) is 87.1 Å². The zero-order valence-corrected chi connectivity index (χ0v) is 49.0. The van der Waals surface area contributed by atoms with Crippen molar-refractivity contribution in [2.24, 2.45) is 0 Å². The maximum atomic E-state index is 13.1. The maximum Gasteiger partial charge on any atom is 0.488 e. The van der Waals surface area contributed by atoms with Crippen molar-refractivity contribution in [3.63, 3.8) is 0 Å². The highest BCUT2D eigenvalue weighted by molar-refractivity contribution is 8.08. The van der Waals surface area contributed by atoms with Gasteiger partial charge in [-0.2, -0.15) is 18.6 Å². The van der Waals surface area contributed by atoms with Gasteiger partial charge in [-0.3, -0.25) is 37.7 Å². The fraction of sp³-hybridized carbons (Fsp3) is 0.333. The van der Waals surface area contributed by atoms with E-state index in [1.807, 2.05) is 0 Å². The van der Waals surface area contributed by atoms with Gasteiger partial charge < -0.3 is 90.4 Å². The van der Waals surface area contributed by atoms with E-state index in [0.29, 0.717) is 11.4 Å². The molecule has 0 bridgehead atoms. The summed E-state index contributed by atoms with van der Waals surface area (Å²) in [6, 6.07) is 12.4. The third-order valence-electron chi connectivity index (χ3n) is 11.0. The number of ether oxygens (including phenoxy) is 4. The highest BCUT2D eigenvalue weighted by atomic mass is 32.5. The van der Waals surface area contributed by atoms with Gasteiger partial charge in [0.15, 0.2) is 47.0 Å². The zero-order valence-electron chi connectivity index (χ0n) is 42.0. The molecule has 4 aromatic heterocycles. The highest BCUT2D eigenvalue weighted by Crippen LogP contribution is 2.67. The quantitative estimate of drug-likeness (QED) is 0.0297. The second-order valence-corrected chi connectivity index (χ2v) is 28.5. The molecule has 0 saturated carbocycles. The molecule has 84 heavy (non-hydrogen) atoms. The molecule has 8 rings (SSSR count). The molecule has 0 radical (unpaired) electrons. The maximum absolute atomic E-state index is 13.1. The number of esters is 2. The fourth-order valence-electron chi connectivity index (χ4n) is 7.77. The normalized spacial score (nSPS) is 23.8. The Kier molecular flexibility index (Phi) is 20.5. The number of anilines is 4. The fourth-order valence-corrected chi connectivity index (χ4v) is 15.3. The largest absolute Gasteiger partial charge is 0.488 e. The van der Waals surface area contributed by atoms with Gasteiger partial charge >= 0.3 is 56.7 Å². The molecule has 2 saturated heterocycles. The van der Waals surface area contributed by atoms with Crippen molar-refractivity contribution in [3.05, 3.63) is 93.0 Å².